The lowest BCUT2D eigenvalue weighted by Crippen LogP contribution is -2.42. The van der Waals surface area contributed by atoms with Crippen LogP contribution in [0.15, 0.2) is 62.8 Å². The zero-order valence-electron chi connectivity index (χ0n) is 18.9. The highest BCUT2D eigenvalue weighted by Gasteiger charge is 2.69. The first-order chi connectivity index (χ1) is 17.6. The molecule has 2 aliphatic carbocycles. The lowest BCUT2D eigenvalue weighted by atomic mass is 9.68. The van der Waals surface area contributed by atoms with E-state index < -0.39 is 35.4 Å². The number of imide groups is 1. The number of halogens is 4. The van der Waals surface area contributed by atoms with Gasteiger partial charge in [0.05, 0.1) is 28.1 Å². The van der Waals surface area contributed by atoms with Crippen molar-refractivity contribution in [2.75, 3.05) is 4.90 Å². The summed E-state index contributed by atoms with van der Waals surface area (Å²) in [5.41, 5.74) is 0.131. The van der Waals surface area contributed by atoms with Crippen LogP contribution in [0.5, 0.6) is 0 Å². The van der Waals surface area contributed by atoms with E-state index in [1.54, 1.807) is 11.8 Å². The number of carbonyl (C=O) groups is 2. The molecule has 2 aromatic carbocycles. The summed E-state index contributed by atoms with van der Waals surface area (Å²) in [6.45, 7) is 0. The Hall–Kier alpha value is -2.37. The molecule has 2 amide bonds. The van der Waals surface area contributed by atoms with Gasteiger partial charge < -0.3 is 4.98 Å². The molecular formula is C26H18BrF3N2O3S2. The van der Waals surface area contributed by atoms with Gasteiger partial charge in [-0.15, -0.1) is 11.8 Å². The van der Waals surface area contributed by atoms with Crippen molar-refractivity contribution in [3.05, 3.63) is 78.7 Å². The van der Waals surface area contributed by atoms with Crippen LogP contribution in [0.2, 0.25) is 0 Å². The number of thiazole rings is 1. The molecule has 37 heavy (non-hydrogen) atoms. The molecule has 190 valence electrons. The molecule has 11 heteroatoms. The Kier molecular flexibility index (Phi) is 5.17. The Morgan fingerprint density at radius 3 is 2.38 bits per heavy atom. The van der Waals surface area contributed by atoms with Gasteiger partial charge in [0.1, 0.15) is 0 Å². The number of nitrogens with zero attached hydrogens (tertiary/aromatic N) is 1. The fourth-order valence-corrected chi connectivity index (χ4v) is 10.3. The molecule has 3 fully saturated rings. The molecule has 2 bridgehead atoms. The lowest BCUT2D eigenvalue weighted by molar-refractivity contribution is -0.137. The number of carbonyl (C=O) groups excluding carboxylic acids is 2. The highest BCUT2D eigenvalue weighted by molar-refractivity contribution is 9.10. The summed E-state index contributed by atoms with van der Waals surface area (Å²) in [5, 5.41) is 0.843. The number of aromatic amines is 1. The van der Waals surface area contributed by atoms with Crippen LogP contribution in [0, 0.1) is 29.6 Å². The molecule has 1 saturated heterocycles. The van der Waals surface area contributed by atoms with Crippen LogP contribution in [0.3, 0.4) is 0 Å². The molecule has 2 saturated carbocycles. The Labute approximate surface area is 225 Å². The Morgan fingerprint density at radius 1 is 0.973 bits per heavy atom. The third-order valence-corrected chi connectivity index (χ3v) is 11.5. The number of amides is 2. The van der Waals surface area contributed by atoms with E-state index in [9.17, 15) is 27.6 Å². The zero-order chi connectivity index (χ0) is 25.8. The van der Waals surface area contributed by atoms with Gasteiger partial charge in [-0.3, -0.25) is 19.3 Å². The number of anilines is 1. The van der Waals surface area contributed by atoms with Crippen LogP contribution in [-0.4, -0.2) is 22.0 Å². The normalized spacial score (nSPS) is 32.0. The number of alkyl halides is 3. The van der Waals surface area contributed by atoms with E-state index in [0.717, 1.165) is 43.4 Å². The van der Waals surface area contributed by atoms with Gasteiger partial charge in [0.15, 0.2) is 0 Å². The number of aromatic nitrogens is 1. The number of hydrogen-bond donors (Lipinski definition) is 1. The molecule has 7 atom stereocenters. The standard InChI is InChI=1S/C26H18BrF3N2O3S2/c27-12-6-4-10(5-7-12)16-17-14-9-15(20(17)36-22-21(16)37-25(35)31-22)19-18(14)23(33)32(24(19)34)13-3-1-2-11(8-13)26(28,29)30/h1-8,14-20H,9H2,(H,31,35)/t14-,15+,16+,17+,18-,19+,20-/m1/s1. The summed E-state index contributed by atoms with van der Waals surface area (Å²) in [6.07, 6.45) is -3.85. The monoisotopic (exact) mass is 606 g/mol. The van der Waals surface area contributed by atoms with Gasteiger partial charge in [0, 0.05) is 20.5 Å². The van der Waals surface area contributed by atoms with Crippen LogP contribution >= 0.6 is 39.0 Å². The van der Waals surface area contributed by atoms with Crippen LogP contribution in [0.1, 0.15) is 28.3 Å². The van der Waals surface area contributed by atoms with E-state index in [1.165, 1.54) is 23.5 Å². The van der Waals surface area contributed by atoms with Crippen LogP contribution in [-0.2, 0) is 15.8 Å². The Balaban J connectivity index is 1.30. The first-order valence-electron chi connectivity index (χ1n) is 11.8. The van der Waals surface area contributed by atoms with Crippen molar-refractivity contribution in [1.29, 1.82) is 0 Å². The maximum absolute atomic E-state index is 13.7. The highest BCUT2D eigenvalue weighted by atomic mass is 79.9. The molecule has 3 aromatic rings. The molecule has 0 radical (unpaired) electrons. The predicted octanol–water partition coefficient (Wildman–Crippen LogP) is 5.90. The van der Waals surface area contributed by atoms with Crippen LogP contribution < -0.4 is 9.77 Å². The molecular weight excluding hydrogens is 589 g/mol. The zero-order valence-corrected chi connectivity index (χ0v) is 22.1. The van der Waals surface area contributed by atoms with Crippen LogP contribution in [0.25, 0.3) is 0 Å². The van der Waals surface area contributed by atoms with Crippen molar-refractivity contribution < 1.29 is 22.8 Å². The van der Waals surface area contributed by atoms with Gasteiger partial charge in [0.2, 0.25) is 11.8 Å². The number of nitrogens with one attached hydrogen (secondary N) is 1. The summed E-state index contributed by atoms with van der Waals surface area (Å²) in [7, 11) is 0. The van der Waals surface area contributed by atoms with Crippen molar-refractivity contribution in [2.24, 2.45) is 29.6 Å². The van der Waals surface area contributed by atoms with E-state index in [4.69, 9.17) is 0 Å². The fraction of sp³-hybridized carbons (Fsp3) is 0.346. The van der Waals surface area contributed by atoms with Gasteiger partial charge in [-0.1, -0.05) is 45.5 Å². The summed E-state index contributed by atoms with van der Waals surface area (Å²) in [5.74, 6) is -2.19. The number of H-pyrrole nitrogens is 1. The molecule has 3 heterocycles. The van der Waals surface area contributed by atoms with Crippen molar-refractivity contribution in [3.63, 3.8) is 0 Å². The largest absolute Gasteiger partial charge is 0.416 e. The van der Waals surface area contributed by atoms with Crippen molar-refractivity contribution in [3.8, 4) is 0 Å². The summed E-state index contributed by atoms with van der Waals surface area (Å²) in [4.78, 5) is 44.4. The first kappa shape index (κ1) is 23.7. The molecule has 4 aliphatic rings. The SMILES string of the molecule is O=C1[C@@H]2[C@@H]3C[C@H]([C@H]4Sc5[nH]c(=O)sc5[C@@H](c5ccc(Br)cc5)[C@H]34)[C@@H]2C(=O)N1c1cccc(C(F)(F)F)c1. The van der Waals surface area contributed by atoms with Gasteiger partial charge in [-0.25, -0.2) is 0 Å². The Morgan fingerprint density at radius 2 is 1.68 bits per heavy atom. The van der Waals surface area contributed by atoms with Gasteiger partial charge in [-0.2, -0.15) is 13.2 Å². The summed E-state index contributed by atoms with van der Waals surface area (Å²) < 4.78 is 41.0. The third kappa shape index (κ3) is 3.39. The lowest BCUT2D eigenvalue weighted by Gasteiger charge is -2.43. The average molecular weight is 607 g/mol. The number of thioether (sulfide) groups is 1. The number of fused-ring (bicyclic) bond motifs is 9. The average Bonchev–Trinajstić information content (AvgIpc) is 3.58. The number of rotatable bonds is 2. The third-order valence-electron chi connectivity index (χ3n) is 8.38. The van der Waals surface area contributed by atoms with E-state index in [-0.39, 0.29) is 39.5 Å². The molecule has 0 unspecified atom stereocenters. The second kappa shape index (κ2) is 8.07. The summed E-state index contributed by atoms with van der Waals surface area (Å²) in [6, 6.07) is 12.4. The minimum absolute atomic E-state index is 0.0239. The highest BCUT2D eigenvalue weighted by Crippen LogP contribution is 2.68. The van der Waals surface area contributed by atoms with Crippen LogP contribution in [0.4, 0.5) is 18.9 Å². The Bertz CT molecular complexity index is 1520. The molecule has 0 spiro atoms. The minimum atomic E-state index is -4.57. The maximum Gasteiger partial charge on any atom is 0.416 e. The predicted molar refractivity (Wildman–Crippen MR) is 137 cm³/mol. The van der Waals surface area contributed by atoms with E-state index >= 15 is 0 Å². The molecule has 2 aliphatic heterocycles. The minimum Gasteiger partial charge on any atom is -0.307 e. The summed E-state index contributed by atoms with van der Waals surface area (Å²) >= 11 is 6.25. The number of hydrogen-bond acceptors (Lipinski definition) is 5. The number of benzene rings is 2. The first-order valence-corrected chi connectivity index (χ1v) is 14.3. The second-order valence-corrected chi connectivity index (χ2v) is 13.2. The van der Waals surface area contributed by atoms with Crippen molar-refractivity contribution >= 4 is 56.5 Å². The smallest absolute Gasteiger partial charge is 0.307 e. The quantitative estimate of drug-likeness (QED) is 0.369. The molecule has 1 N–H and O–H groups in total. The second-order valence-electron chi connectivity index (χ2n) is 10.1. The van der Waals surface area contributed by atoms with E-state index in [2.05, 4.69) is 20.9 Å². The van der Waals surface area contributed by atoms with Gasteiger partial charge in [-0.05, 0) is 60.1 Å². The van der Waals surface area contributed by atoms with E-state index in [0.29, 0.717) is 0 Å². The molecule has 5 nitrogen and oxygen atoms in total. The van der Waals surface area contributed by atoms with E-state index in [1.807, 2.05) is 24.3 Å². The van der Waals surface area contributed by atoms with Gasteiger partial charge >= 0.3 is 11.0 Å². The maximum atomic E-state index is 13.7. The van der Waals surface area contributed by atoms with Crippen molar-refractivity contribution in [2.45, 2.75) is 28.8 Å². The topological polar surface area (TPSA) is 70.2 Å². The molecule has 1 aromatic heterocycles. The van der Waals surface area contributed by atoms with Gasteiger partial charge in [0.25, 0.3) is 0 Å². The van der Waals surface area contributed by atoms with Crippen molar-refractivity contribution in [1.82, 2.24) is 4.98 Å². The fourth-order valence-electron chi connectivity index (χ4n) is 7.14. The molecule has 7 rings (SSSR count).